The highest BCUT2D eigenvalue weighted by Gasteiger charge is 2.46. The van der Waals surface area contributed by atoms with Crippen molar-refractivity contribution in [2.75, 3.05) is 33.8 Å². The van der Waals surface area contributed by atoms with Crippen LogP contribution in [0.15, 0.2) is 67.0 Å². The van der Waals surface area contributed by atoms with E-state index in [1.165, 1.54) is 11.1 Å². The number of amides is 2. The van der Waals surface area contributed by atoms with Crippen molar-refractivity contribution in [3.05, 3.63) is 83.9 Å². The maximum absolute atomic E-state index is 13.5. The molecule has 7 heteroatoms. The van der Waals surface area contributed by atoms with Crippen LogP contribution in [0.2, 0.25) is 0 Å². The number of hydrogen-bond acceptors (Lipinski definition) is 5. The first-order valence-electron chi connectivity index (χ1n) is 11.0. The van der Waals surface area contributed by atoms with Crippen LogP contribution < -0.4 is 0 Å². The maximum Gasteiger partial charge on any atom is 0.274 e. The van der Waals surface area contributed by atoms with E-state index in [0.29, 0.717) is 13.0 Å². The van der Waals surface area contributed by atoms with Crippen molar-refractivity contribution < 1.29 is 14.3 Å². The summed E-state index contributed by atoms with van der Waals surface area (Å²) in [6, 6.07) is 18.1. The van der Waals surface area contributed by atoms with Gasteiger partial charge in [0.15, 0.2) is 5.60 Å². The van der Waals surface area contributed by atoms with Gasteiger partial charge in [-0.1, -0.05) is 54.6 Å². The van der Waals surface area contributed by atoms with Crippen LogP contribution in [0.3, 0.4) is 0 Å². The molecule has 2 amide bonds. The molecule has 1 aliphatic heterocycles. The summed E-state index contributed by atoms with van der Waals surface area (Å²) in [5, 5.41) is 0. The molecular formula is C26H28N4O3. The number of aryl methyl sites for hydroxylation is 1. The van der Waals surface area contributed by atoms with E-state index < -0.39 is 5.60 Å². The fraction of sp³-hybridized carbons (Fsp3) is 0.308. The van der Waals surface area contributed by atoms with Gasteiger partial charge < -0.3 is 14.5 Å². The van der Waals surface area contributed by atoms with E-state index in [4.69, 9.17) is 4.74 Å². The van der Waals surface area contributed by atoms with E-state index in [-0.39, 0.29) is 30.7 Å². The molecule has 0 aliphatic carbocycles. The summed E-state index contributed by atoms with van der Waals surface area (Å²) in [6.45, 7) is 2.61. The summed E-state index contributed by atoms with van der Waals surface area (Å²) in [4.78, 5) is 38.2. The zero-order chi connectivity index (χ0) is 23.4. The Morgan fingerprint density at radius 2 is 1.76 bits per heavy atom. The number of benzene rings is 2. The Morgan fingerprint density at radius 3 is 2.45 bits per heavy atom. The normalized spacial score (nSPS) is 18.1. The second-order valence-corrected chi connectivity index (χ2v) is 8.51. The maximum atomic E-state index is 13.5. The summed E-state index contributed by atoms with van der Waals surface area (Å²) in [5.41, 5.74) is 2.91. The quantitative estimate of drug-likeness (QED) is 0.605. The lowest BCUT2D eigenvalue weighted by molar-refractivity contribution is -0.165. The molecule has 2 heterocycles. The molecule has 1 atom stereocenters. The molecule has 170 valence electrons. The summed E-state index contributed by atoms with van der Waals surface area (Å²) in [5.74, 6) is -0.420. The fourth-order valence-corrected chi connectivity index (χ4v) is 4.22. The van der Waals surface area contributed by atoms with Crippen LogP contribution in [0.5, 0.6) is 0 Å². The van der Waals surface area contributed by atoms with Crippen LogP contribution in [0, 0.1) is 6.92 Å². The van der Waals surface area contributed by atoms with Gasteiger partial charge in [0.1, 0.15) is 5.69 Å². The molecule has 1 saturated heterocycles. The van der Waals surface area contributed by atoms with Gasteiger partial charge in [0.25, 0.3) is 11.8 Å². The number of hydrogen-bond donors (Lipinski definition) is 0. The summed E-state index contributed by atoms with van der Waals surface area (Å²) >= 11 is 0. The van der Waals surface area contributed by atoms with Gasteiger partial charge in [-0.25, -0.2) is 4.98 Å². The Morgan fingerprint density at radius 1 is 1.03 bits per heavy atom. The number of carbonyl (C=O) groups is 2. The highest BCUT2D eigenvalue weighted by molar-refractivity contribution is 5.93. The lowest BCUT2D eigenvalue weighted by atomic mass is 9.87. The molecule has 0 saturated carbocycles. The topological polar surface area (TPSA) is 75.6 Å². The van der Waals surface area contributed by atoms with Gasteiger partial charge in [0.2, 0.25) is 0 Å². The minimum atomic E-state index is -1.19. The highest BCUT2D eigenvalue weighted by atomic mass is 16.5. The molecule has 33 heavy (non-hydrogen) atoms. The molecule has 1 aliphatic rings. The van der Waals surface area contributed by atoms with Crippen LogP contribution in [0.1, 0.15) is 21.7 Å². The zero-order valence-corrected chi connectivity index (χ0v) is 19.2. The number of rotatable bonds is 5. The van der Waals surface area contributed by atoms with Gasteiger partial charge in [0.05, 0.1) is 25.0 Å². The SMILES string of the molecule is Cc1cnc(C(=O)N2CCOC(Cc3ccccc3-c3ccccc3)(C(=O)N(C)C)C2)cn1. The molecule has 0 bridgehead atoms. The van der Waals surface area contributed by atoms with Crippen molar-refractivity contribution >= 4 is 11.8 Å². The van der Waals surface area contributed by atoms with E-state index in [1.54, 1.807) is 25.2 Å². The van der Waals surface area contributed by atoms with E-state index >= 15 is 0 Å². The van der Waals surface area contributed by atoms with E-state index in [9.17, 15) is 9.59 Å². The number of likely N-dealkylation sites (N-methyl/N-ethyl adjacent to an activating group) is 1. The highest BCUT2D eigenvalue weighted by Crippen LogP contribution is 2.31. The molecule has 4 rings (SSSR count). The van der Waals surface area contributed by atoms with E-state index in [0.717, 1.165) is 22.4 Å². The third-order valence-corrected chi connectivity index (χ3v) is 5.85. The zero-order valence-electron chi connectivity index (χ0n) is 19.2. The fourth-order valence-electron chi connectivity index (χ4n) is 4.22. The van der Waals surface area contributed by atoms with Crippen molar-refractivity contribution in [3.8, 4) is 11.1 Å². The largest absolute Gasteiger partial charge is 0.361 e. The van der Waals surface area contributed by atoms with Crippen molar-refractivity contribution in [2.24, 2.45) is 0 Å². The van der Waals surface area contributed by atoms with Gasteiger partial charge in [-0.05, 0) is 23.6 Å². The third-order valence-electron chi connectivity index (χ3n) is 5.85. The van der Waals surface area contributed by atoms with Gasteiger partial charge in [0, 0.05) is 33.3 Å². The first-order valence-corrected chi connectivity index (χ1v) is 11.0. The van der Waals surface area contributed by atoms with Crippen LogP contribution in [0.4, 0.5) is 0 Å². The Balaban J connectivity index is 1.69. The Kier molecular flexibility index (Phi) is 6.51. The minimum absolute atomic E-state index is 0.140. The molecule has 0 radical (unpaired) electrons. The Bertz CT molecular complexity index is 1130. The summed E-state index contributed by atoms with van der Waals surface area (Å²) in [6.07, 6.45) is 3.40. The molecule has 7 nitrogen and oxygen atoms in total. The van der Waals surface area contributed by atoms with Crippen molar-refractivity contribution in [2.45, 2.75) is 18.9 Å². The second kappa shape index (κ2) is 9.50. The molecule has 2 aromatic carbocycles. The van der Waals surface area contributed by atoms with Gasteiger partial charge in [-0.3, -0.25) is 14.6 Å². The number of morpholine rings is 1. The molecule has 1 unspecified atom stereocenters. The first kappa shape index (κ1) is 22.6. The lowest BCUT2D eigenvalue weighted by Gasteiger charge is -2.43. The number of aromatic nitrogens is 2. The van der Waals surface area contributed by atoms with Gasteiger partial charge >= 0.3 is 0 Å². The van der Waals surface area contributed by atoms with Crippen LogP contribution in [0.25, 0.3) is 11.1 Å². The molecule has 0 N–H and O–H groups in total. The van der Waals surface area contributed by atoms with E-state index in [1.807, 2.05) is 61.5 Å². The standard InChI is InChI=1S/C26H28N4O3/c1-19-16-28-23(17-27-19)24(31)30-13-14-33-26(18-30,25(32)29(2)3)15-21-11-7-8-12-22(21)20-9-5-4-6-10-20/h4-12,16-17H,13-15,18H2,1-3H3. The predicted octanol–water partition coefficient (Wildman–Crippen LogP) is 2.99. The monoisotopic (exact) mass is 444 g/mol. The van der Waals surface area contributed by atoms with Gasteiger partial charge in [-0.15, -0.1) is 0 Å². The van der Waals surface area contributed by atoms with Crippen molar-refractivity contribution in [1.29, 1.82) is 0 Å². The second-order valence-electron chi connectivity index (χ2n) is 8.51. The lowest BCUT2D eigenvalue weighted by Crippen LogP contribution is -2.61. The van der Waals surface area contributed by atoms with Crippen LogP contribution in [-0.2, 0) is 16.0 Å². The molecular weight excluding hydrogens is 416 g/mol. The summed E-state index contributed by atoms with van der Waals surface area (Å²) < 4.78 is 6.20. The van der Waals surface area contributed by atoms with Crippen LogP contribution in [-0.4, -0.2) is 71.0 Å². The molecule has 3 aromatic rings. The number of ether oxygens (including phenoxy) is 1. The van der Waals surface area contributed by atoms with E-state index in [2.05, 4.69) is 9.97 Å². The van der Waals surface area contributed by atoms with Crippen molar-refractivity contribution in [3.63, 3.8) is 0 Å². The van der Waals surface area contributed by atoms with Crippen molar-refractivity contribution in [1.82, 2.24) is 19.8 Å². The molecule has 1 aromatic heterocycles. The number of carbonyl (C=O) groups excluding carboxylic acids is 2. The average molecular weight is 445 g/mol. The number of nitrogens with zero attached hydrogens (tertiary/aromatic N) is 4. The minimum Gasteiger partial charge on any atom is -0.361 e. The molecule has 1 fully saturated rings. The smallest absolute Gasteiger partial charge is 0.274 e. The third kappa shape index (κ3) is 4.78. The molecule has 0 spiro atoms. The summed E-state index contributed by atoms with van der Waals surface area (Å²) in [7, 11) is 3.42. The Hall–Kier alpha value is -3.58. The first-order chi connectivity index (χ1) is 15.9. The van der Waals surface area contributed by atoms with Gasteiger partial charge in [-0.2, -0.15) is 0 Å². The van der Waals surface area contributed by atoms with Crippen LogP contribution >= 0.6 is 0 Å². The Labute approximate surface area is 194 Å². The predicted molar refractivity (Wildman–Crippen MR) is 126 cm³/mol. The average Bonchev–Trinajstić information content (AvgIpc) is 2.84.